The number of benzene rings is 1. The summed E-state index contributed by atoms with van der Waals surface area (Å²) in [7, 11) is 0. The fourth-order valence-electron chi connectivity index (χ4n) is 3.29. The first-order chi connectivity index (χ1) is 10.0. The van der Waals surface area contributed by atoms with Crippen molar-refractivity contribution < 1.29 is 4.79 Å². The van der Waals surface area contributed by atoms with Crippen LogP contribution in [0.3, 0.4) is 0 Å². The molecular formula is C18H26N2O. The van der Waals surface area contributed by atoms with Gasteiger partial charge in [-0.05, 0) is 30.2 Å². The number of hydrogen-bond acceptors (Lipinski definition) is 2. The van der Waals surface area contributed by atoms with Gasteiger partial charge in [0.25, 0.3) is 0 Å². The average molecular weight is 286 g/mol. The van der Waals surface area contributed by atoms with Gasteiger partial charge in [0.05, 0.1) is 0 Å². The molecule has 1 N–H and O–H groups in total. The van der Waals surface area contributed by atoms with Crippen molar-refractivity contribution in [2.24, 2.45) is 11.3 Å². The molecule has 1 amide bonds. The van der Waals surface area contributed by atoms with Crippen LogP contribution in [0.1, 0.15) is 38.7 Å². The molecule has 114 valence electrons. The zero-order valence-corrected chi connectivity index (χ0v) is 13.1. The van der Waals surface area contributed by atoms with E-state index in [0.717, 1.165) is 38.9 Å². The molecule has 3 nitrogen and oxygen atoms in total. The van der Waals surface area contributed by atoms with E-state index in [9.17, 15) is 4.79 Å². The standard InChI is InChI=1S/C18H26N2O/c1-18(2)12-16(18)17(21)19-15-8-10-20(11-9-15)13-14-6-4-3-5-7-14/h3-7,15-16H,8-13H2,1-2H3,(H,19,21). The van der Waals surface area contributed by atoms with Crippen LogP contribution in [-0.4, -0.2) is 29.9 Å². The fraction of sp³-hybridized carbons (Fsp3) is 0.611. The number of carbonyl (C=O) groups is 1. The Kier molecular flexibility index (Phi) is 4.03. The van der Waals surface area contributed by atoms with E-state index in [0.29, 0.717) is 6.04 Å². The molecule has 1 aliphatic carbocycles. The number of hydrogen-bond donors (Lipinski definition) is 1. The van der Waals surface area contributed by atoms with Gasteiger partial charge in [0.2, 0.25) is 5.91 Å². The second-order valence-electron chi connectivity index (χ2n) is 7.29. The van der Waals surface area contributed by atoms with Gasteiger partial charge in [-0.1, -0.05) is 44.2 Å². The summed E-state index contributed by atoms with van der Waals surface area (Å²) in [6, 6.07) is 11.0. The molecule has 21 heavy (non-hydrogen) atoms. The van der Waals surface area contributed by atoms with E-state index in [4.69, 9.17) is 0 Å². The van der Waals surface area contributed by atoms with Crippen molar-refractivity contribution in [3.05, 3.63) is 35.9 Å². The van der Waals surface area contributed by atoms with Crippen molar-refractivity contribution >= 4 is 5.91 Å². The predicted molar refractivity (Wildman–Crippen MR) is 84.8 cm³/mol. The second kappa shape index (κ2) is 5.80. The van der Waals surface area contributed by atoms with Crippen LogP contribution in [0, 0.1) is 11.3 Å². The zero-order valence-electron chi connectivity index (χ0n) is 13.1. The Morgan fingerprint density at radius 1 is 1.24 bits per heavy atom. The van der Waals surface area contributed by atoms with Gasteiger partial charge < -0.3 is 5.32 Å². The van der Waals surface area contributed by atoms with Gasteiger partial charge >= 0.3 is 0 Å². The van der Waals surface area contributed by atoms with Gasteiger partial charge in [-0.25, -0.2) is 0 Å². The van der Waals surface area contributed by atoms with Crippen molar-refractivity contribution in [1.82, 2.24) is 10.2 Å². The highest BCUT2D eigenvalue weighted by Crippen LogP contribution is 2.51. The molecule has 1 aromatic carbocycles. The molecule has 1 aliphatic heterocycles. The molecule has 1 heterocycles. The quantitative estimate of drug-likeness (QED) is 0.923. The largest absolute Gasteiger partial charge is 0.353 e. The van der Waals surface area contributed by atoms with Gasteiger partial charge in [-0.3, -0.25) is 9.69 Å². The lowest BCUT2D eigenvalue weighted by atomic mass is 10.0. The molecule has 0 radical (unpaired) electrons. The Bertz CT molecular complexity index is 489. The van der Waals surface area contributed by atoms with Crippen LogP contribution in [0.25, 0.3) is 0 Å². The third-order valence-electron chi connectivity index (χ3n) is 5.01. The van der Waals surface area contributed by atoms with Crippen LogP contribution in [0.15, 0.2) is 30.3 Å². The summed E-state index contributed by atoms with van der Waals surface area (Å²) in [5.74, 6) is 0.529. The monoisotopic (exact) mass is 286 g/mol. The molecular weight excluding hydrogens is 260 g/mol. The van der Waals surface area contributed by atoms with E-state index in [1.54, 1.807) is 0 Å². The molecule has 3 heteroatoms. The summed E-state index contributed by atoms with van der Waals surface area (Å²) < 4.78 is 0. The molecule has 0 bridgehead atoms. The minimum Gasteiger partial charge on any atom is -0.353 e. The molecule has 1 saturated heterocycles. The van der Waals surface area contributed by atoms with Crippen LogP contribution in [0.4, 0.5) is 0 Å². The Hall–Kier alpha value is -1.35. The van der Waals surface area contributed by atoms with E-state index in [-0.39, 0.29) is 17.2 Å². The molecule has 3 rings (SSSR count). The highest BCUT2D eigenvalue weighted by atomic mass is 16.2. The number of piperidine rings is 1. The van der Waals surface area contributed by atoms with Crippen molar-refractivity contribution in [2.75, 3.05) is 13.1 Å². The van der Waals surface area contributed by atoms with Crippen molar-refractivity contribution in [3.63, 3.8) is 0 Å². The minimum absolute atomic E-state index is 0.234. The van der Waals surface area contributed by atoms with Crippen molar-refractivity contribution in [3.8, 4) is 0 Å². The number of nitrogens with zero attached hydrogens (tertiary/aromatic N) is 1. The normalized spacial score (nSPS) is 25.5. The average Bonchev–Trinajstić information content (AvgIpc) is 3.11. The van der Waals surface area contributed by atoms with E-state index >= 15 is 0 Å². The number of rotatable bonds is 4. The van der Waals surface area contributed by atoms with Gasteiger partial charge in [0, 0.05) is 31.6 Å². The summed E-state index contributed by atoms with van der Waals surface area (Å²) in [6.07, 6.45) is 3.20. The summed E-state index contributed by atoms with van der Waals surface area (Å²) in [5.41, 5.74) is 1.61. The van der Waals surface area contributed by atoms with Crippen molar-refractivity contribution in [1.29, 1.82) is 0 Å². The third-order valence-corrected chi connectivity index (χ3v) is 5.01. The molecule has 1 aromatic rings. The van der Waals surface area contributed by atoms with Gasteiger partial charge in [-0.2, -0.15) is 0 Å². The highest BCUT2D eigenvalue weighted by Gasteiger charge is 2.50. The Labute approximate surface area is 127 Å². The first-order valence-electron chi connectivity index (χ1n) is 8.11. The predicted octanol–water partition coefficient (Wildman–Crippen LogP) is 2.81. The van der Waals surface area contributed by atoms with Crippen LogP contribution in [0.2, 0.25) is 0 Å². The Morgan fingerprint density at radius 3 is 2.43 bits per heavy atom. The lowest BCUT2D eigenvalue weighted by Crippen LogP contribution is -2.45. The summed E-state index contributed by atoms with van der Waals surface area (Å²) in [5, 5.41) is 3.26. The maximum atomic E-state index is 12.1. The minimum atomic E-state index is 0.234. The number of amides is 1. The fourth-order valence-corrected chi connectivity index (χ4v) is 3.29. The maximum absolute atomic E-state index is 12.1. The first-order valence-corrected chi connectivity index (χ1v) is 8.11. The van der Waals surface area contributed by atoms with Crippen LogP contribution >= 0.6 is 0 Å². The van der Waals surface area contributed by atoms with Crippen molar-refractivity contribution in [2.45, 2.75) is 45.7 Å². The molecule has 1 saturated carbocycles. The lowest BCUT2D eigenvalue weighted by Gasteiger charge is -2.32. The first kappa shape index (κ1) is 14.6. The summed E-state index contributed by atoms with van der Waals surface area (Å²) in [6.45, 7) is 7.54. The van der Waals surface area contributed by atoms with Crippen LogP contribution in [-0.2, 0) is 11.3 Å². The van der Waals surface area contributed by atoms with E-state index in [2.05, 4.69) is 54.4 Å². The van der Waals surface area contributed by atoms with Gasteiger partial charge in [0.15, 0.2) is 0 Å². The highest BCUT2D eigenvalue weighted by molar-refractivity contribution is 5.82. The van der Waals surface area contributed by atoms with E-state index in [1.807, 2.05) is 0 Å². The lowest BCUT2D eigenvalue weighted by molar-refractivity contribution is -0.124. The molecule has 2 aliphatic rings. The molecule has 1 atom stereocenters. The van der Waals surface area contributed by atoms with Gasteiger partial charge in [0.1, 0.15) is 0 Å². The summed E-state index contributed by atoms with van der Waals surface area (Å²) in [4.78, 5) is 14.6. The Balaban J connectivity index is 1.42. The molecule has 0 spiro atoms. The third kappa shape index (κ3) is 3.65. The van der Waals surface area contributed by atoms with Gasteiger partial charge in [-0.15, -0.1) is 0 Å². The van der Waals surface area contributed by atoms with Crippen LogP contribution < -0.4 is 5.32 Å². The maximum Gasteiger partial charge on any atom is 0.223 e. The second-order valence-corrected chi connectivity index (χ2v) is 7.29. The van der Waals surface area contributed by atoms with Crippen LogP contribution in [0.5, 0.6) is 0 Å². The SMILES string of the molecule is CC1(C)CC1C(=O)NC1CCN(Cc2ccccc2)CC1. The smallest absolute Gasteiger partial charge is 0.223 e. The number of likely N-dealkylation sites (tertiary alicyclic amines) is 1. The molecule has 1 unspecified atom stereocenters. The summed E-state index contributed by atoms with van der Waals surface area (Å²) >= 11 is 0. The zero-order chi connectivity index (χ0) is 14.9. The Morgan fingerprint density at radius 2 is 1.86 bits per heavy atom. The topological polar surface area (TPSA) is 32.3 Å². The number of nitrogens with one attached hydrogen (secondary N) is 1. The molecule has 2 fully saturated rings. The number of carbonyl (C=O) groups excluding carboxylic acids is 1. The van der Waals surface area contributed by atoms with E-state index < -0.39 is 0 Å². The van der Waals surface area contributed by atoms with E-state index in [1.165, 1.54) is 5.56 Å². The molecule has 0 aromatic heterocycles.